The Bertz CT molecular complexity index is 191. The largest absolute Gasteiger partial charge is 0.377 e. The Balaban J connectivity index is 2.30. The van der Waals surface area contributed by atoms with Crippen LogP contribution in [0.5, 0.6) is 0 Å². The molecule has 2 heteroatoms. The lowest BCUT2D eigenvalue weighted by atomic mass is 9.97. The van der Waals surface area contributed by atoms with Gasteiger partial charge in [0.15, 0.2) is 0 Å². The van der Waals surface area contributed by atoms with Crippen LogP contribution in [-0.2, 0) is 4.74 Å². The van der Waals surface area contributed by atoms with Gasteiger partial charge in [-0.05, 0) is 38.6 Å². The van der Waals surface area contributed by atoms with Crippen LogP contribution in [0.2, 0.25) is 0 Å². The molecule has 86 valence electrons. The first-order valence-electron chi connectivity index (χ1n) is 6.17. The van der Waals surface area contributed by atoms with Crippen LogP contribution >= 0.6 is 0 Å². The van der Waals surface area contributed by atoms with E-state index in [1.165, 1.54) is 19.3 Å². The van der Waals surface area contributed by atoms with E-state index >= 15 is 0 Å². The first-order valence-corrected chi connectivity index (χ1v) is 6.17. The first-order chi connectivity index (χ1) is 7.38. The van der Waals surface area contributed by atoms with Crippen molar-refractivity contribution in [3.8, 4) is 12.3 Å². The van der Waals surface area contributed by atoms with Crippen LogP contribution in [0, 0.1) is 12.3 Å². The summed E-state index contributed by atoms with van der Waals surface area (Å²) < 4.78 is 5.81. The van der Waals surface area contributed by atoms with Gasteiger partial charge in [-0.25, -0.2) is 0 Å². The molecule has 0 aromatic heterocycles. The third-order valence-corrected chi connectivity index (χ3v) is 2.97. The molecule has 2 nitrogen and oxygen atoms in total. The van der Waals surface area contributed by atoms with Crippen LogP contribution in [0.4, 0.5) is 0 Å². The normalized spacial score (nSPS) is 23.3. The highest BCUT2D eigenvalue weighted by Gasteiger charge is 2.22. The molecular formula is C13H23NO. The standard InChI is InChI=1S/C13H23NO/c1-3-5-6-9-12(14-4-2)13-10-7-8-11-15-13/h1,12-14H,4-11H2,2H3. The number of hydrogen-bond acceptors (Lipinski definition) is 2. The maximum Gasteiger partial charge on any atom is 0.0728 e. The molecular weight excluding hydrogens is 186 g/mol. The maximum atomic E-state index is 5.81. The second-order valence-electron chi connectivity index (χ2n) is 4.17. The van der Waals surface area contributed by atoms with Crippen molar-refractivity contribution in [3.63, 3.8) is 0 Å². The number of ether oxygens (including phenoxy) is 1. The topological polar surface area (TPSA) is 21.3 Å². The molecule has 0 aromatic rings. The zero-order valence-electron chi connectivity index (χ0n) is 9.80. The van der Waals surface area contributed by atoms with E-state index in [9.17, 15) is 0 Å². The highest BCUT2D eigenvalue weighted by molar-refractivity contribution is 4.85. The molecule has 1 saturated heterocycles. The van der Waals surface area contributed by atoms with Gasteiger partial charge >= 0.3 is 0 Å². The summed E-state index contributed by atoms with van der Waals surface area (Å²) in [5.74, 6) is 2.70. The van der Waals surface area contributed by atoms with E-state index in [0.29, 0.717) is 12.1 Å². The smallest absolute Gasteiger partial charge is 0.0728 e. The second-order valence-corrected chi connectivity index (χ2v) is 4.17. The van der Waals surface area contributed by atoms with Gasteiger partial charge in [0.05, 0.1) is 6.10 Å². The highest BCUT2D eigenvalue weighted by Crippen LogP contribution is 2.19. The van der Waals surface area contributed by atoms with Gasteiger partial charge in [0.2, 0.25) is 0 Å². The highest BCUT2D eigenvalue weighted by atomic mass is 16.5. The summed E-state index contributed by atoms with van der Waals surface area (Å²) >= 11 is 0. The summed E-state index contributed by atoms with van der Waals surface area (Å²) in [5, 5.41) is 3.52. The van der Waals surface area contributed by atoms with Crippen LogP contribution in [0.3, 0.4) is 0 Å². The third kappa shape index (κ3) is 4.68. The van der Waals surface area contributed by atoms with Crippen molar-refractivity contribution >= 4 is 0 Å². The quantitative estimate of drug-likeness (QED) is 0.535. The van der Waals surface area contributed by atoms with Gasteiger partial charge in [-0.1, -0.05) is 6.92 Å². The van der Waals surface area contributed by atoms with Crippen molar-refractivity contribution in [2.45, 2.75) is 57.6 Å². The Morgan fingerprint density at radius 3 is 3.00 bits per heavy atom. The van der Waals surface area contributed by atoms with Gasteiger partial charge < -0.3 is 10.1 Å². The zero-order valence-corrected chi connectivity index (χ0v) is 9.80. The maximum absolute atomic E-state index is 5.81. The fraction of sp³-hybridized carbons (Fsp3) is 0.846. The molecule has 1 rings (SSSR count). The Morgan fingerprint density at radius 2 is 2.40 bits per heavy atom. The van der Waals surface area contributed by atoms with E-state index in [2.05, 4.69) is 18.2 Å². The summed E-state index contributed by atoms with van der Waals surface area (Å²) in [6, 6.07) is 0.503. The van der Waals surface area contributed by atoms with Crippen LogP contribution in [0.25, 0.3) is 0 Å². The van der Waals surface area contributed by atoms with Crippen molar-refractivity contribution < 1.29 is 4.74 Å². The number of hydrogen-bond donors (Lipinski definition) is 1. The Labute approximate surface area is 93.8 Å². The molecule has 0 radical (unpaired) electrons. The molecule has 15 heavy (non-hydrogen) atoms. The molecule has 0 aliphatic carbocycles. The van der Waals surface area contributed by atoms with Gasteiger partial charge in [-0.2, -0.15) is 0 Å². The molecule has 1 heterocycles. The monoisotopic (exact) mass is 209 g/mol. The van der Waals surface area contributed by atoms with Gasteiger partial charge in [-0.3, -0.25) is 0 Å². The van der Waals surface area contributed by atoms with Crippen LogP contribution < -0.4 is 5.32 Å². The molecule has 0 bridgehead atoms. The Morgan fingerprint density at radius 1 is 1.53 bits per heavy atom. The lowest BCUT2D eigenvalue weighted by Gasteiger charge is -2.31. The van der Waals surface area contributed by atoms with Crippen molar-refractivity contribution in [1.29, 1.82) is 0 Å². The van der Waals surface area contributed by atoms with Gasteiger partial charge in [0, 0.05) is 19.1 Å². The van der Waals surface area contributed by atoms with Crippen LogP contribution in [-0.4, -0.2) is 25.3 Å². The lowest BCUT2D eigenvalue weighted by molar-refractivity contribution is -0.00922. The van der Waals surface area contributed by atoms with Crippen molar-refractivity contribution in [2.75, 3.05) is 13.2 Å². The summed E-state index contributed by atoms with van der Waals surface area (Å²) in [6.07, 6.45) is 12.5. The van der Waals surface area contributed by atoms with Gasteiger partial charge in [0.25, 0.3) is 0 Å². The molecule has 2 unspecified atom stereocenters. The average Bonchev–Trinajstić information content (AvgIpc) is 2.29. The summed E-state index contributed by atoms with van der Waals surface area (Å²) in [7, 11) is 0. The molecule has 0 saturated carbocycles. The average molecular weight is 209 g/mol. The van der Waals surface area contributed by atoms with E-state index < -0.39 is 0 Å². The number of likely N-dealkylation sites (N-methyl/N-ethyl adjacent to an activating group) is 1. The van der Waals surface area contributed by atoms with Crippen LogP contribution in [0.15, 0.2) is 0 Å². The Kier molecular flexibility index (Phi) is 6.47. The third-order valence-electron chi connectivity index (χ3n) is 2.97. The minimum Gasteiger partial charge on any atom is -0.377 e. The molecule has 2 atom stereocenters. The number of terminal acetylenes is 1. The molecule has 0 aromatic carbocycles. The minimum atomic E-state index is 0.413. The molecule has 1 N–H and O–H groups in total. The fourth-order valence-electron chi connectivity index (χ4n) is 2.19. The van der Waals surface area contributed by atoms with Crippen molar-refractivity contribution in [2.24, 2.45) is 0 Å². The fourth-order valence-corrected chi connectivity index (χ4v) is 2.19. The van der Waals surface area contributed by atoms with Crippen molar-refractivity contribution in [1.82, 2.24) is 5.32 Å². The Hall–Kier alpha value is -0.520. The number of rotatable bonds is 6. The van der Waals surface area contributed by atoms with E-state index in [4.69, 9.17) is 11.2 Å². The number of unbranched alkanes of at least 4 members (excludes halogenated alkanes) is 1. The SMILES string of the molecule is C#CCCCC(NCC)C1CCCCO1. The van der Waals surface area contributed by atoms with Gasteiger partial charge in [-0.15, -0.1) is 12.3 Å². The summed E-state index contributed by atoms with van der Waals surface area (Å²) in [5.41, 5.74) is 0. The van der Waals surface area contributed by atoms with Crippen molar-refractivity contribution in [3.05, 3.63) is 0 Å². The second kappa shape index (κ2) is 7.73. The molecule has 0 amide bonds. The first kappa shape index (κ1) is 12.5. The number of nitrogens with one attached hydrogen (secondary N) is 1. The van der Waals surface area contributed by atoms with E-state index in [0.717, 1.165) is 32.4 Å². The van der Waals surface area contributed by atoms with E-state index in [1.54, 1.807) is 0 Å². The molecule has 0 spiro atoms. The van der Waals surface area contributed by atoms with E-state index in [-0.39, 0.29) is 0 Å². The lowest BCUT2D eigenvalue weighted by Crippen LogP contribution is -2.42. The minimum absolute atomic E-state index is 0.413. The molecule has 1 fully saturated rings. The van der Waals surface area contributed by atoms with E-state index in [1.807, 2.05) is 0 Å². The predicted molar refractivity (Wildman–Crippen MR) is 63.7 cm³/mol. The molecule has 1 aliphatic rings. The summed E-state index contributed by atoms with van der Waals surface area (Å²) in [6.45, 7) is 4.10. The predicted octanol–water partition coefficient (Wildman–Crippen LogP) is 2.34. The van der Waals surface area contributed by atoms with Crippen LogP contribution in [0.1, 0.15) is 45.4 Å². The van der Waals surface area contributed by atoms with Gasteiger partial charge in [0.1, 0.15) is 0 Å². The zero-order chi connectivity index (χ0) is 10.9. The molecule has 1 aliphatic heterocycles. The summed E-state index contributed by atoms with van der Waals surface area (Å²) in [4.78, 5) is 0.